The Bertz CT molecular complexity index is 2150. The molecule has 2 aromatic heterocycles. The molecule has 0 unspecified atom stereocenters. The van der Waals surface area contributed by atoms with Crippen LogP contribution < -0.4 is 0 Å². The molecule has 51 heavy (non-hydrogen) atoms. The molecule has 10 heteroatoms. The van der Waals surface area contributed by atoms with Gasteiger partial charge in [0, 0.05) is 5.56 Å². The van der Waals surface area contributed by atoms with Crippen LogP contribution in [0.5, 0.6) is 0 Å². The number of hydrogen-bond donors (Lipinski definition) is 3. The summed E-state index contributed by atoms with van der Waals surface area (Å²) in [6.07, 6.45) is 0. The number of rotatable bonds is 11. The number of aromatic nitrogens is 6. The van der Waals surface area contributed by atoms with Crippen molar-refractivity contribution in [1.29, 1.82) is 0 Å². The smallest absolute Gasteiger partial charge is 0.359 e. The van der Waals surface area contributed by atoms with Gasteiger partial charge in [-0.05, 0) is 57.7 Å². The number of esters is 1. The van der Waals surface area contributed by atoms with Crippen molar-refractivity contribution in [1.82, 2.24) is 30.2 Å². The van der Waals surface area contributed by atoms with E-state index < -0.39 is 23.7 Å². The van der Waals surface area contributed by atoms with Gasteiger partial charge in [-0.1, -0.05) is 140 Å². The lowest BCUT2D eigenvalue weighted by atomic mass is 9.77. The molecule has 254 valence electrons. The summed E-state index contributed by atoms with van der Waals surface area (Å²) in [4.78, 5) is 19.9. The molecule has 0 aliphatic rings. The van der Waals surface area contributed by atoms with Gasteiger partial charge in [0.25, 0.3) is 0 Å². The molecule has 0 aliphatic carbocycles. The molecule has 0 radical (unpaired) electrons. The van der Waals surface area contributed by atoms with Crippen LogP contribution >= 0.6 is 0 Å². The molecule has 7 aromatic rings. The van der Waals surface area contributed by atoms with E-state index in [-0.39, 0.29) is 23.8 Å². The number of carbonyl (C=O) groups excluding carboxylic acids is 1. The van der Waals surface area contributed by atoms with Crippen molar-refractivity contribution in [2.75, 3.05) is 0 Å². The number of nitrogens with one attached hydrogen (secondary N) is 1. The van der Waals surface area contributed by atoms with Gasteiger partial charge in [0.2, 0.25) is 0 Å². The molecule has 0 saturated carbocycles. The lowest BCUT2D eigenvalue weighted by molar-refractivity contribution is 0.0428. The number of nitrogens with zero attached hydrogens (tertiary/aromatic N) is 5. The number of aliphatic hydroxyl groups excluding tert-OH is 1. The summed E-state index contributed by atoms with van der Waals surface area (Å²) in [7, 11) is 0. The second-order valence-electron chi connectivity index (χ2n) is 12.7. The average Bonchev–Trinajstić information content (AvgIpc) is 3.85. The summed E-state index contributed by atoms with van der Waals surface area (Å²) in [5.41, 5.74) is 4.28. The van der Waals surface area contributed by atoms with Crippen LogP contribution in [-0.2, 0) is 29.1 Å². The number of H-pyrrole nitrogens is 1. The summed E-state index contributed by atoms with van der Waals surface area (Å²) in [6, 6.07) is 46.5. The summed E-state index contributed by atoms with van der Waals surface area (Å²) in [5.74, 6) is 0.0498. The standard InChI is InChI=1S/C41H36N6O4/c1-40(2,50)37-36(42-35(26-48)43-37)39(49)51-27-28-22-24-29(25-23-28)33-20-12-13-21-34(33)38-44-45-46-47(38)41(30-14-6-3-7-15-30,31-16-8-4-9-17-31)32-18-10-5-11-19-32/h3-25,48,50H,26-27H2,1-2H3,(H,42,43). The van der Waals surface area contributed by atoms with Crippen LogP contribution in [0.2, 0.25) is 0 Å². The maximum Gasteiger partial charge on any atom is 0.359 e. The van der Waals surface area contributed by atoms with Crippen molar-refractivity contribution < 1.29 is 19.7 Å². The first-order chi connectivity index (χ1) is 24.8. The topological polar surface area (TPSA) is 139 Å². The fourth-order valence-electron chi connectivity index (χ4n) is 6.50. The molecule has 0 atom stereocenters. The van der Waals surface area contributed by atoms with Gasteiger partial charge in [0.15, 0.2) is 11.5 Å². The van der Waals surface area contributed by atoms with Crippen molar-refractivity contribution in [2.45, 2.75) is 38.2 Å². The number of aliphatic hydroxyl groups is 2. The molecule has 5 aromatic carbocycles. The fraction of sp³-hybridized carbons (Fsp3) is 0.146. The Morgan fingerprint density at radius 2 is 1.27 bits per heavy atom. The predicted octanol–water partition coefficient (Wildman–Crippen LogP) is 6.65. The van der Waals surface area contributed by atoms with Crippen LogP contribution in [0.3, 0.4) is 0 Å². The molecule has 0 saturated heterocycles. The first-order valence-electron chi connectivity index (χ1n) is 16.5. The van der Waals surface area contributed by atoms with Gasteiger partial charge < -0.3 is 19.9 Å². The quantitative estimate of drug-likeness (QED) is 0.102. The number of carbonyl (C=O) groups is 1. The molecule has 2 heterocycles. The van der Waals surface area contributed by atoms with Crippen LogP contribution in [0.15, 0.2) is 140 Å². The summed E-state index contributed by atoms with van der Waals surface area (Å²) < 4.78 is 7.49. The summed E-state index contributed by atoms with van der Waals surface area (Å²) in [5, 5.41) is 33.6. The van der Waals surface area contributed by atoms with Crippen molar-refractivity contribution >= 4 is 5.97 Å². The minimum Gasteiger partial charge on any atom is -0.456 e. The zero-order valence-corrected chi connectivity index (χ0v) is 28.1. The highest BCUT2D eigenvalue weighted by Crippen LogP contribution is 2.43. The van der Waals surface area contributed by atoms with Gasteiger partial charge in [-0.2, -0.15) is 0 Å². The van der Waals surface area contributed by atoms with Gasteiger partial charge in [0.05, 0.1) is 5.69 Å². The van der Waals surface area contributed by atoms with Gasteiger partial charge in [-0.25, -0.2) is 14.5 Å². The Morgan fingerprint density at radius 1 is 0.745 bits per heavy atom. The van der Waals surface area contributed by atoms with E-state index in [1.54, 1.807) is 0 Å². The van der Waals surface area contributed by atoms with E-state index in [2.05, 4.69) is 56.7 Å². The highest BCUT2D eigenvalue weighted by atomic mass is 16.5. The van der Waals surface area contributed by atoms with Crippen molar-refractivity contribution in [2.24, 2.45) is 0 Å². The first-order valence-corrected chi connectivity index (χ1v) is 16.5. The van der Waals surface area contributed by atoms with E-state index in [9.17, 15) is 15.0 Å². The van der Waals surface area contributed by atoms with Gasteiger partial charge in [-0.3, -0.25) is 0 Å². The number of benzene rings is 5. The molecule has 0 amide bonds. The Kier molecular flexibility index (Phi) is 9.10. The monoisotopic (exact) mass is 676 g/mol. The Hall–Kier alpha value is -6.23. The number of imidazole rings is 1. The van der Waals surface area contributed by atoms with E-state index in [1.165, 1.54) is 13.8 Å². The molecule has 0 bridgehead atoms. The Labute approximate surface area is 295 Å². The third-order valence-electron chi connectivity index (χ3n) is 8.87. The Balaban J connectivity index is 1.25. The minimum absolute atomic E-state index is 0.0145. The van der Waals surface area contributed by atoms with Crippen molar-refractivity contribution in [3.05, 3.63) is 179 Å². The largest absolute Gasteiger partial charge is 0.456 e. The number of hydrogen-bond acceptors (Lipinski definition) is 8. The van der Waals surface area contributed by atoms with Crippen LogP contribution in [0.1, 0.15) is 58.1 Å². The Morgan fingerprint density at radius 3 is 1.80 bits per heavy atom. The third-order valence-corrected chi connectivity index (χ3v) is 8.87. The zero-order valence-electron chi connectivity index (χ0n) is 28.1. The van der Waals surface area contributed by atoms with Crippen LogP contribution in [0.4, 0.5) is 0 Å². The predicted molar refractivity (Wildman–Crippen MR) is 192 cm³/mol. The molecular weight excluding hydrogens is 640 g/mol. The van der Waals surface area contributed by atoms with Crippen LogP contribution in [0.25, 0.3) is 22.5 Å². The number of aromatic amines is 1. The normalized spacial score (nSPS) is 11.8. The van der Waals surface area contributed by atoms with Crippen LogP contribution in [-0.4, -0.2) is 46.4 Å². The van der Waals surface area contributed by atoms with E-state index >= 15 is 0 Å². The molecule has 0 aliphatic heterocycles. The minimum atomic E-state index is -1.38. The van der Waals surface area contributed by atoms with Crippen molar-refractivity contribution in [3.63, 3.8) is 0 Å². The van der Waals surface area contributed by atoms with Gasteiger partial charge in [-0.15, -0.1) is 5.10 Å². The van der Waals surface area contributed by atoms with E-state index in [0.29, 0.717) is 5.82 Å². The SMILES string of the molecule is CC(C)(O)c1[nH]c(CO)nc1C(=O)OCc1ccc(-c2ccccc2-c2nnnn2C(c2ccccc2)(c2ccccc2)c2ccccc2)cc1. The van der Waals surface area contributed by atoms with Gasteiger partial charge >= 0.3 is 5.97 Å². The van der Waals surface area contributed by atoms with Crippen LogP contribution in [0, 0.1) is 0 Å². The summed E-state index contributed by atoms with van der Waals surface area (Å²) >= 11 is 0. The highest BCUT2D eigenvalue weighted by molar-refractivity contribution is 5.89. The molecule has 0 fully saturated rings. The third kappa shape index (κ3) is 6.34. The maximum absolute atomic E-state index is 13.0. The lowest BCUT2D eigenvalue weighted by Gasteiger charge is -2.36. The maximum atomic E-state index is 13.0. The zero-order chi connectivity index (χ0) is 35.4. The van der Waals surface area contributed by atoms with E-state index in [0.717, 1.165) is 38.9 Å². The molecule has 7 rings (SSSR count). The van der Waals surface area contributed by atoms with E-state index in [4.69, 9.17) is 9.95 Å². The molecular formula is C41H36N6O4. The molecule has 3 N–H and O–H groups in total. The molecule has 10 nitrogen and oxygen atoms in total. The lowest BCUT2D eigenvalue weighted by Crippen LogP contribution is -2.39. The fourth-order valence-corrected chi connectivity index (χ4v) is 6.50. The van der Waals surface area contributed by atoms with Crippen molar-refractivity contribution in [3.8, 4) is 22.5 Å². The average molecular weight is 677 g/mol. The second-order valence-corrected chi connectivity index (χ2v) is 12.7. The van der Waals surface area contributed by atoms with E-state index in [1.807, 2.05) is 108 Å². The second kappa shape index (κ2) is 13.9. The number of tetrazole rings is 1. The van der Waals surface area contributed by atoms with Gasteiger partial charge in [0.1, 0.15) is 30.2 Å². The first kappa shape index (κ1) is 33.3. The summed E-state index contributed by atoms with van der Waals surface area (Å²) in [6.45, 7) is 2.63. The molecule has 0 spiro atoms. The number of ether oxygens (including phenoxy) is 1. The highest BCUT2D eigenvalue weighted by Gasteiger charge is 2.42.